The van der Waals surface area contributed by atoms with Crippen LogP contribution in [0, 0.1) is 6.92 Å². The SMILES string of the molecule is COc1ccc(N2C(=S)N[C@H](c3ccccn3)[C@H]2c2ccc(C)s2)c(OC)c1. The molecular formula is C21H21N3O2S2. The largest absolute Gasteiger partial charge is 0.497 e. The summed E-state index contributed by atoms with van der Waals surface area (Å²) >= 11 is 7.53. The van der Waals surface area contributed by atoms with E-state index in [1.54, 1.807) is 25.6 Å². The van der Waals surface area contributed by atoms with Crippen LogP contribution in [0.3, 0.4) is 0 Å². The van der Waals surface area contributed by atoms with Crippen LogP contribution < -0.4 is 19.7 Å². The summed E-state index contributed by atoms with van der Waals surface area (Å²) in [5.41, 5.74) is 1.85. The Morgan fingerprint density at radius 3 is 2.61 bits per heavy atom. The van der Waals surface area contributed by atoms with E-state index in [2.05, 4.69) is 34.3 Å². The van der Waals surface area contributed by atoms with E-state index in [9.17, 15) is 0 Å². The molecule has 4 rings (SSSR count). The average Bonchev–Trinajstić information content (AvgIpc) is 3.30. The van der Waals surface area contributed by atoms with Crippen molar-refractivity contribution in [1.82, 2.24) is 10.3 Å². The van der Waals surface area contributed by atoms with Crippen molar-refractivity contribution in [3.05, 3.63) is 70.2 Å². The molecule has 3 heterocycles. The summed E-state index contributed by atoms with van der Waals surface area (Å²) in [7, 11) is 3.30. The van der Waals surface area contributed by atoms with Gasteiger partial charge in [-0.2, -0.15) is 0 Å². The Labute approximate surface area is 173 Å². The lowest BCUT2D eigenvalue weighted by molar-refractivity contribution is 0.394. The van der Waals surface area contributed by atoms with Gasteiger partial charge in [-0.1, -0.05) is 6.07 Å². The summed E-state index contributed by atoms with van der Waals surface area (Å²) < 4.78 is 11.0. The molecular weight excluding hydrogens is 390 g/mol. The molecule has 2 aromatic heterocycles. The van der Waals surface area contributed by atoms with Crippen molar-refractivity contribution in [3.63, 3.8) is 0 Å². The quantitative estimate of drug-likeness (QED) is 0.617. The number of ether oxygens (including phenoxy) is 2. The summed E-state index contributed by atoms with van der Waals surface area (Å²) in [5.74, 6) is 1.45. The summed E-state index contributed by atoms with van der Waals surface area (Å²) in [4.78, 5) is 9.18. The maximum Gasteiger partial charge on any atom is 0.174 e. The Hall–Kier alpha value is -2.64. The number of benzene rings is 1. The normalized spacial score (nSPS) is 18.8. The van der Waals surface area contributed by atoms with Gasteiger partial charge < -0.3 is 19.7 Å². The van der Waals surface area contributed by atoms with E-state index in [-0.39, 0.29) is 12.1 Å². The molecule has 144 valence electrons. The minimum Gasteiger partial charge on any atom is -0.497 e. The summed E-state index contributed by atoms with van der Waals surface area (Å²) in [6.45, 7) is 2.11. The van der Waals surface area contributed by atoms with Crippen LogP contribution in [-0.2, 0) is 0 Å². The highest BCUT2D eigenvalue weighted by atomic mass is 32.1. The Kier molecular flexibility index (Phi) is 5.19. The first-order chi connectivity index (χ1) is 13.6. The van der Waals surface area contributed by atoms with Crippen molar-refractivity contribution < 1.29 is 9.47 Å². The van der Waals surface area contributed by atoms with Gasteiger partial charge in [-0.25, -0.2) is 0 Å². The Morgan fingerprint density at radius 2 is 1.96 bits per heavy atom. The van der Waals surface area contributed by atoms with Gasteiger partial charge in [0.2, 0.25) is 0 Å². The average molecular weight is 412 g/mol. The fourth-order valence-electron chi connectivity index (χ4n) is 3.50. The van der Waals surface area contributed by atoms with Crippen LogP contribution in [0.15, 0.2) is 54.7 Å². The minimum atomic E-state index is -0.0569. The second kappa shape index (κ2) is 7.77. The van der Waals surface area contributed by atoms with Gasteiger partial charge in [-0.05, 0) is 55.5 Å². The monoisotopic (exact) mass is 411 g/mol. The summed E-state index contributed by atoms with van der Waals surface area (Å²) in [6.07, 6.45) is 1.81. The first-order valence-corrected chi connectivity index (χ1v) is 10.1. The Balaban J connectivity index is 1.84. The Morgan fingerprint density at radius 1 is 1.11 bits per heavy atom. The zero-order chi connectivity index (χ0) is 19.7. The Bertz CT molecular complexity index is 990. The number of aryl methyl sites for hydroxylation is 1. The molecule has 1 aliphatic rings. The van der Waals surface area contributed by atoms with Crippen molar-refractivity contribution in [3.8, 4) is 11.5 Å². The molecule has 0 bridgehead atoms. The van der Waals surface area contributed by atoms with Gasteiger partial charge in [0.25, 0.3) is 0 Å². The molecule has 1 aromatic carbocycles. The molecule has 0 radical (unpaired) electrons. The number of nitrogens with one attached hydrogen (secondary N) is 1. The molecule has 0 saturated carbocycles. The molecule has 1 fully saturated rings. The molecule has 2 atom stereocenters. The van der Waals surface area contributed by atoms with E-state index >= 15 is 0 Å². The van der Waals surface area contributed by atoms with Crippen LogP contribution in [-0.4, -0.2) is 24.3 Å². The maximum atomic E-state index is 5.76. The first-order valence-electron chi connectivity index (χ1n) is 8.91. The van der Waals surface area contributed by atoms with Crippen LogP contribution in [0.4, 0.5) is 5.69 Å². The van der Waals surface area contributed by atoms with Gasteiger partial charge >= 0.3 is 0 Å². The molecule has 5 nitrogen and oxygen atoms in total. The smallest absolute Gasteiger partial charge is 0.174 e. The van der Waals surface area contributed by atoms with Crippen LogP contribution in [0.5, 0.6) is 11.5 Å². The molecule has 0 unspecified atom stereocenters. The lowest BCUT2D eigenvalue weighted by atomic mass is 10.0. The molecule has 1 N–H and O–H groups in total. The second-order valence-corrected chi connectivity index (χ2v) is 8.19. The van der Waals surface area contributed by atoms with Gasteiger partial charge in [-0.15, -0.1) is 11.3 Å². The maximum absolute atomic E-state index is 5.76. The third kappa shape index (κ3) is 3.31. The van der Waals surface area contributed by atoms with Gasteiger partial charge in [-0.3, -0.25) is 4.98 Å². The van der Waals surface area contributed by atoms with Crippen molar-refractivity contribution in [2.24, 2.45) is 0 Å². The number of nitrogens with zero attached hydrogens (tertiary/aromatic N) is 2. The number of thiocarbonyl (C=S) groups is 1. The van der Waals surface area contributed by atoms with Gasteiger partial charge in [0.05, 0.1) is 37.7 Å². The molecule has 3 aromatic rings. The lowest BCUT2D eigenvalue weighted by Crippen LogP contribution is -2.29. The van der Waals surface area contributed by atoms with Crippen molar-refractivity contribution in [2.45, 2.75) is 19.0 Å². The van der Waals surface area contributed by atoms with E-state index in [1.165, 1.54) is 9.75 Å². The first kappa shape index (κ1) is 18.7. The fourth-order valence-corrected chi connectivity index (χ4v) is 4.84. The number of anilines is 1. The summed E-state index contributed by atoms with van der Waals surface area (Å²) in [5, 5.41) is 4.12. The number of aromatic nitrogens is 1. The van der Waals surface area contributed by atoms with Crippen LogP contribution >= 0.6 is 23.6 Å². The third-order valence-electron chi connectivity index (χ3n) is 4.80. The predicted molar refractivity (Wildman–Crippen MR) is 117 cm³/mol. The van der Waals surface area contributed by atoms with Crippen molar-refractivity contribution in [2.75, 3.05) is 19.1 Å². The highest BCUT2D eigenvalue weighted by molar-refractivity contribution is 7.80. The third-order valence-corrected chi connectivity index (χ3v) is 6.18. The van der Waals surface area contributed by atoms with E-state index in [0.29, 0.717) is 10.9 Å². The second-order valence-electron chi connectivity index (χ2n) is 6.48. The molecule has 1 aliphatic heterocycles. The zero-order valence-corrected chi connectivity index (χ0v) is 17.5. The standard InChI is InChI=1S/C21H21N3O2S2/c1-13-7-10-18(28-13)20-19(15-6-4-5-11-22-15)23-21(27)24(20)16-9-8-14(25-2)12-17(16)26-3/h4-12,19-20H,1-3H3,(H,23,27)/t19-,20-/m1/s1. The zero-order valence-electron chi connectivity index (χ0n) is 15.9. The molecule has 28 heavy (non-hydrogen) atoms. The number of hydrogen-bond donors (Lipinski definition) is 1. The van der Waals surface area contributed by atoms with Gasteiger partial charge in [0.15, 0.2) is 5.11 Å². The molecule has 0 aliphatic carbocycles. The topological polar surface area (TPSA) is 46.6 Å². The van der Waals surface area contributed by atoms with E-state index in [4.69, 9.17) is 21.7 Å². The molecule has 0 amide bonds. The molecule has 7 heteroatoms. The highest BCUT2D eigenvalue weighted by Gasteiger charge is 2.42. The number of hydrogen-bond acceptors (Lipinski definition) is 5. The number of thiophene rings is 1. The van der Waals surface area contributed by atoms with Crippen LogP contribution in [0.2, 0.25) is 0 Å². The predicted octanol–water partition coefficient (Wildman–Crippen LogP) is 4.65. The van der Waals surface area contributed by atoms with E-state index < -0.39 is 0 Å². The van der Waals surface area contributed by atoms with E-state index in [0.717, 1.165) is 17.1 Å². The van der Waals surface area contributed by atoms with Gasteiger partial charge in [0.1, 0.15) is 11.5 Å². The number of pyridine rings is 1. The summed E-state index contributed by atoms with van der Waals surface area (Å²) in [6, 6.07) is 16.0. The highest BCUT2D eigenvalue weighted by Crippen LogP contribution is 2.46. The number of rotatable bonds is 5. The minimum absolute atomic E-state index is 0.0246. The van der Waals surface area contributed by atoms with Crippen LogP contribution in [0.1, 0.15) is 27.5 Å². The van der Waals surface area contributed by atoms with Crippen molar-refractivity contribution >= 4 is 34.4 Å². The number of methoxy groups -OCH3 is 2. The fraction of sp³-hybridized carbons (Fsp3) is 0.238. The van der Waals surface area contributed by atoms with Gasteiger partial charge in [0, 0.05) is 22.0 Å². The molecule has 1 saturated heterocycles. The molecule has 0 spiro atoms. The lowest BCUT2D eigenvalue weighted by Gasteiger charge is -2.28. The van der Waals surface area contributed by atoms with Crippen molar-refractivity contribution in [1.29, 1.82) is 0 Å². The van der Waals surface area contributed by atoms with E-state index in [1.807, 2.05) is 42.6 Å². The van der Waals surface area contributed by atoms with Crippen LogP contribution in [0.25, 0.3) is 0 Å².